The molecule has 114 valence electrons. The Morgan fingerprint density at radius 2 is 1.64 bits per heavy atom. The molecule has 0 saturated carbocycles. The van der Waals surface area contributed by atoms with Crippen LogP contribution < -0.4 is 4.72 Å². The van der Waals surface area contributed by atoms with E-state index in [1.807, 2.05) is 4.72 Å². The van der Waals surface area contributed by atoms with Crippen molar-refractivity contribution in [2.24, 2.45) is 0 Å². The van der Waals surface area contributed by atoms with Crippen LogP contribution in [-0.2, 0) is 14.8 Å². The highest BCUT2D eigenvalue weighted by Crippen LogP contribution is 2.14. The standard InChI is InChI=1S/C16H14FNO3S/c1-12(13-7-9-14(17)10-8-13)11-16(19)18-22(20,21)15-5-3-2-4-6-15/h2-11H,1H3,(H,18,19)/b12-11+. The van der Waals surface area contributed by atoms with E-state index < -0.39 is 15.9 Å². The minimum absolute atomic E-state index is 0.0104. The maximum Gasteiger partial charge on any atom is 0.264 e. The van der Waals surface area contributed by atoms with E-state index in [4.69, 9.17) is 0 Å². The van der Waals surface area contributed by atoms with Gasteiger partial charge in [-0.25, -0.2) is 17.5 Å². The Labute approximate surface area is 128 Å². The van der Waals surface area contributed by atoms with Crippen molar-refractivity contribution in [2.75, 3.05) is 0 Å². The van der Waals surface area contributed by atoms with Gasteiger partial charge in [0.25, 0.3) is 15.9 Å². The molecule has 0 saturated heterocycles. The Balaban J connectivity index is 2.15. The number of allylic oxidation sites excluding steroid dienone is 1. The van der Waals surface area contributed by atoms with Crippen LogP contribution in [0.15, 0.2) is 65.6 Å². The van der Waals surface area contributed by atoms with Gasteiger partial charge in [-0.15, -0.1) is 0 Å². The average Bonchev–Trinajstić information content (AvgIpc) is 2.48. The SMILES string of the molecule is C/C(=C\C(=O)NS(=O)(=O)c1ccccc1)c1ccc(F)cc1. The van der Waals surface area contributed by atoms with Crippen LogP contribution in [0.1, 0.15) is 12.5 Å². The molecule has 0 fully saturated rings. The molecule has 22 heavy (non-hydrogen) atoms. The van der Waals surface area contributed by atoms with Crippen molar-refractivity contribution < 1.29 is 17.6 Å². The minimum Gasteiger partial charge on any atom is -0.269 e. The van der Waals surface area contributed by atoms with E-state index in [-0.39, 0.29) is 10.7 Å². The molecule has 0 radical (unpaired) electrons. The number of halogens is 1. The van der Waals surface area contributed by atoms with Crippen LogP contribution in [0.4, 0.5) is 4.39 Å². The molecule has 0 aliphatic rings. The van der Waals surface area contributed by atoms with Crippen LogP contribution in [-0.4, -0.2) is 14.3 Å². The Morgan fingerprint density at radius 1 is 1.05 bits per heavy atom. The molecule has 0 unspecified atom stereocenters. The zero-order chi connectivity index (χ0) is 16.2. The summed E-state index contributed by atoms with van der Waals surface area (Å²) in [6.07, 6.45) is 1.16. The van der Waals surface area contributed by atoms with E-state index in [0.29, 0.717) is 11.1 Å². The third kappa shape index (κ3) is 4.02. The van der Waals surface area contributed by atoms with Gasteiger partial charge in [0.05, 0.1) is 4.90 Å². The summed E-state index contributed by atoms with van der Waals surface area (Å²) in [4.78, 5) is 11.9. The lowest BCUT2D eigenvalue weighted by Gasteiger charge is -2.06. The lowest BCUT2D eigenvalue weighted by molar-refractivity contribution is -0.114. The molecule has 0 aliphatic carbocycles. The van der Waals surface area contributed by atoms with Gasteiger partial charge >= 0.3 is 0 Å². The molecule has 0 atom stereocenters. The van der Waals surface area contributed by atoms with Gasteiger partial charge in [-0.05, 0) is 42.3 Å². The van der Waals surface area contributed by atoms with Crippen molar-refractivity contribution >= 4 is 21.5 Å². The van der Waals surface area contributed by atoms with E-state index in [1.165, 1.54) is 36.4 Å². The van der Waals surface area contributed by atoms with Gasteiger partial charge in [0, 0.05) is 6.08 Å². The van der Waals surface area contributed by atoms with Gasteiger partial charge in [-0.1, -0.05) is 30.3 Å². The smallest absolute Gasteiger partial charge is 0.264 e. The van der Waals surface area contributed by atoms with Crippen molar-refractivity contribution in [1.29, 1.82) is 0 Å². The monoisotopic (exact) mass is 319 g/mol. The van der Waals surface area contributed by atoms with Crippen molar-refractivity contribution in [3.63, 3.8) is 0 Å². The van der Waals surface area contributed by atoms with Gasteiger partial charge in [-0.3, -0.25) is 4.79 Å². The molecule has 2 rings (SSSR count). The predicted molar refractivity (Wildman–Crippen MR) is 81.8 cm³/mol. The third-order valence-corrected chi connectivity index (χ3v) is 4.30. The van der Waals surface area contributed by atoms with E-state index >= 15 is 0 Å². The van der Waals surface area contributed by atoms with Crippen LogP contribution in [0.2, 0.25) is 0 Å². The first-order valence-electron chi connectivity index (χ1n) is 6.44. The summed E-state index contributed by atoms with van der Waals surface area (Å²) < 4.78 is 38.8. The fourth-order valence-corrected chi connectivity index (χ4v) is 2.77. The second kappa shape index (κ2) is 6.53. The number of benzene rings is 2. The number of rotatable bonds is 4. The summed E-state index contributed by atoms with van der Waals surface area (Å²) in [6.45, 7) is 1.64. The number of carbonyl (C=O) groups excluding carboxylic acids is 1. The topological polar surface area (TPSA) is 63.2 Å². The molecule has 0 bridgehead atoms. The molecule has 1 amide bonds. The number of amides is 1. The van der Waals surface area contributed by atoms with Gasteiger partial charge in [-0.2, -0.15) is 0 Å². The molecule has 0 aliphatic heterocycles. The van der Waals surface area contributed by atoms with Crippen LogP contribution in [0, 0.1) is 5.82 Å². The maximum absolute atomic E-state index is 12.8. The highest BCUT2D eigenvalue weighted by Gasteiger charge is 2.15. The van der Waals surface area contributed by atoms with Gasteiger partial charge in [0.15, 0.2) is 0 Å². The number of carbonyl (C=O) groups is 1. The van der Waals surface area contributed by atoms with Crippen molar-refractivity contribution in [2.45, 2.75) is 11.8 Å². The summed E-state index contributed by atoms with van der Waals surface area (Å²) in [6, 6.07) is 13.2. The first kappa shape index (κ1) is 15.9. The molecule has 6 heteroatoms. The highest BCUT2D eigenvalue weighted by molar-refractivity contribution is 7.90. The molecule has 4 nitrogen and oxygen atoms in total. The van der Waals surface area contributed by atoms with Crippen molar-refractivity contribution in [3.05, 3.63) is 72.1 Å². The lowest BCUT2D eigenvalue weighted by atomic mass is 10.1. The Hall–Kier alpha value is -2.47. The fraction of sp³-hybridized carbons (Fsp3) is 0.0625. The Bertz CT molecular complexity index is 797. The second-order valence-electron chi connectivity index (χ2n) is 4.62. The molecule has 0 spiro atoms. The first-order valence-corrected chi connectivity index (χ1v) is 7.93. The second-order valence-corrected chi connectivity index (χ2v) is 6.30. The molecule has 0 aromatic heterocycles. The number of sulfonamides is 1. The number of nitrogens with one attached hydrogen (secondary N) is 1. The lowest BCUT2D eigenvalue weighted by Crippen LogP contribution is -2.29. The number of hydrogen-bond donors (Lipinski definition) is 1. The Morgan fingerprint density at radius 3 is 2.23 bits per heavy atom. The maximum atomic E-state index is 12.8. The van der Waals surface area contributed by atoms with E-state index in [0.717, 1.165) is 6.08 Å². The Kier molecular flexibility index (Phi) is 4.72. The fourth-order valence-electron chi connectivity index (χ4n) is 1.81. The van der Waals surface area contributed by atoms with Crippen LogP contribution in [0.3, 0.4) is 0 Å². The summed E-state index contributed by atoms with van der Waals surface area (Å²) in [5, 5.41) is 0. The predicted octanol–water partition coefficient (Wildman–Crippen LogP) is 2.73. The van der Waals surface area contributed by atoms with E-state index in [1.54, 1.807) is 25.1 Å². The molecule has 2 aromatic carbocycles. The molecule has 0 heterocycles. The molecular weight excluding hydrogens is 305 g/mol. The van der Waals surface area contributed by atoms with E-state index in [9.17, 15) is 17.6 Å². The largest absolute Gasteiger partial charge is 0.269 e. The zero-order valence-corrected chi connectivity index (χ0v) is 12.6. The minimum atomic E-state index is -3.90. The van der Waals surface area contributed by atoms with Gasteiger partial charge in [0.1, 0.15) is 5.82 Å². The van der Waals surface area contributed by atoms with Gasteiger partial charge < -0.3 is 0 Å². The van der Waals surface area contributed by atoms with Crippen molar-refractivity contribution in [1.82, 2.24) is 4.72 Å². The number of hydrogen-bond acceptors (Lipinski definition) is 3. The van der Waals surface area contributed by atoms with Crippen LogP contribution in [0.25, 0.3) is 5.57 Å². The van der Waals surface area contributed by atoms with Crippen LogP contribution >= 0.6 is 0 Å². The summed E-state index contributed by atoms with van der Waals surface area (Å²) >= 11 is 0. The summed E-state index contributed by atoms with van der Waals surface area (Å²) in [7, 11) is -3.90. The van der Waals surface area contributed by atoms with Crippen molar-refractivity contribution in [3.8, 4) is 0 Å². The molecule has 2 aromatic rings. The summed E-state index contributed by atoms with van der Waals surface area (Å²) in [5.74, 6) is -1.14. The highest BCUT2D eigenvalue weighted by atomic mass is 32.2. The quantitative estimate of drug-likeness (QED) is 0.881. The summed E-state index contributed by atoms with van der Waals surface area (Å²) in [5.41, 5.74) is 1.16. The first-order chi connectivity index (χ1) is 10.4. The normalized spacial score (nSPS) is 12.0. The zero-order valence-electron chi connectivity index (χ0n) is 11.8. The van der Waals surface area contributed by atoms with Crippen LogP contribution in [0.5, 0.6) is 0 Å². The molecular formula is C16H14FNO3S. The third-order valence-electron chi connectivity index (χ3n) is 2.94. The molecule has 1 N–H and O–H groups in total. The average molecular weight is 319 g/mol. The van der Waals surface area contributed by atoms with E-state index in [2.05, 4.69) is 0 Å². The van der Waals surface area contributed by atoms with Gasteiger partial charge in [0.2, 0.25) is 0 Å².